The Hall–Kier alpha value is -3.37. The molecule has 3 amide bonds. The first kappa shape index (κ1) is 22.8. The molecule has 2 heterocycles. The summed E-state index contributed by atoms with van der Waals surface area (Å²) in [6.45, 7) is 1.95. The second-order valence-corrected chi connectivity index (χ2v) is 8.14. The highest BCUT2D eigenvalue weighted by Gasteiger charge is 2.34. The number of morpholine rings is 1. The summed E-state index contributed by atoms with van der Waals surface area (Å²) in [6.07, 6.45) is 1.48. The molecule has 2 fully saturated rings. The van der Waals surface area contributed by atoms with Crippen molar-refractivity contribution in [3.05, 3.63) is 58.1 Å². The zero-order valence-electron chi connectivity index (χ0n) is 17.9. The molecule has 0 spiro atoms. The van der Waals surface area contributed by atoms with Gasteiger partial charge in [0.05, 0.1) is 26.0 Å². The summed E-state index contributed by atoms with van der Waals surface area (Å²) in [5.74, 6) is -0.386. The summed E-state index contributed by atoms with van der Waals surface area (Å²) in [4.78, 5) is 39.4. The molecule has 2 aromatic carbocycles. The molecule has 4 rings (SSSR count). The van der Waals surface area contributed by atoms with E-state index in [0.29, 0.717) is 53.5 Å². The minimum Gasteiger partial charge on any atom is -0.493 e. The maximum Gasteiger partial charge on any atom is 0.282 e. The van der Waals surface area contributed by atoms with Gasteiger partial charge < -0.3 is 19.1 Å². The largest absolute Gasteiger partial charge is 0.493 e. The molecule has 9 nitrogen and oxygen atoms in total. The van der Waals surface area contributed by atoms with E-state index in [1.807, 2.05) is 6.07 Å². The molecule has 0 aliphatic carbocycles. The molecule has 33 heavy (non-hydrogen) atoms. The molecule has 2 aliphatic heterocycles. The average Bonchev–Trinajstić information content (AvgIpc) is 3.13. The Morgan fingerprint density at radius 3 is 2.58 bits per heavy atom. The van der Waals surface area contributed by atoms with E-state index in [1.54, 1.807) is 41.3 Å². The van der Waals surface area contributed by atoms with Crippen LogP contribution in [0.5, 0.6) is 11.5 Å². The van der Waals surface area contributed by atoms with Crippen LogP contribution in [0.4, 0.5) is 5.69 Å². The van der Waals surface area contributed by atoms with Gasteiger partial charge in [-0.15, -0.1) is 0 Å². The van der Waals surface area contributed by atoms with Crippen LogP contribution in [0.3, 0.4) is 0 Å². The Balaban J connectivity index is 1.53. The fourth-order valence-corrected chi connectivity index (χ4v) is 3.89. The lowest BCUT2D eigenvalue weighted by atomic mass is 10.1. The third-order valence-electron chi connectivity index (χ3n) is 5.20. The molecule has 0 radical (unpaired) electrons. The van der Waals surface area contributed by atoms with Crippen molar-refractivity contribution in [2.75, 3.05) is 45.0 Å². The standard InChI is InChI=1S/C23H22BrN3O6/c1-31-19-12-15(11-17-22(29)25-27(23(17)30)16-5-3-2-4-6-16)18(24)13-20(19)33-14-21(28)26-7-9-32-10-8-26/h2-6,11-13H,7-10,14H2,1H3,(H,25,29)/b17-11-. The molecule has 1 N–H and O–H groups in total. The summed E-state index contributed by atoms with van der Waals surface area (Å²) in [5.41, 5.74) is 3.66. The van der Waals surface area contributed by atoms with Crippen LogP contribution < -0.4 is 19.9 Å². The van der Waals surface area contributed by atoms with Gasteiger partial charge in [0, 0.05) is 17.6 Å². The number of halogens is 1. The molecule has 0 bridgehead atoms. The van der Waals surface area contributed by atoms with E-state index in [0.717, 1.165) is 0 Å². The van der Waals surface area contributed by atoms with E-state index in [9.17, 15) is 14.4 Å². The molecule has 172 valence electrons. The van der Waals surface area contributed by atoms with Gasteiger partial charge in [0.15, 0.2) is 18.1 Å². The smallest absolute Gasteiger partial charge is 0.282 e. The van der Waals surface area contributed by atoms with Crippen molar-refractivity contribution in [1.29, 1.82) is 0 Å². The minimum absolute atomic E-state index is 0.0160. The van der Waals surface area contributed by atoms with Crippen LogP contribution in [0.1, 0.15) is 5.56 Å². The van der Waals surface area contributed by atoms with Crippen LogP contribution in [-0.4, -0.2) is 62.6 Å². The zero-order valence-corrected chi connectivity index (χ0v) is 19.5. The van der Waals surface area contributed by atoms with Gasteiger partial charge in [-0.1, -0.05) is 34.1 Å². The highest BCUT2D eigenvalue weighted by molar-refractivity contribution is 9.10. The van der Waals surface area contributed by atoms with Crippen LogP contribution in [0, 0.1) is 0 Å². The SMILES string of the molecule is COc1cc(/C=C2/C(=O)NN(c3ccccc3)C2=O)c(Br)cc1OCC(=O)N1CCOCC1. The van der Waals surface area contributed by atoms with Gasteiger partial charge in [-0.2, -0.15) is 0 Å². The maximum absolute atomic E-state index is 12.8. The fourth-order valence-electron chi connectivity index (χ4n) is 3.45. The molecule has 10 heteroatoms. The zero-order chi connectivity index (χ0) is 23.4. The van der Waals surface area contributed by atoms with E-state index < -0.39 is 11.8 Å². The number of amides is 3. The Morgan fingerprint density at radius 2 is 1.88 bits per heavy atom. The normalized spacial score (nSPS) is 17.3. The number of para-hydroxylation sites is 1. The van der Waals surface area contributed by atoms with Crippen molar-refractivity contribution >= 4 is 45.4 Å². The number of carbonyl (C=O) groups excluding carboxylic acids is 3. The summed E-state index contributed by atoms with van der Waals surface area (Å²) < 4.78 is 16.9. The van der Waals surface area contributed by atoms with Gasteiger partial charge in [-0.25, -0.2) is 5.01 Å². The first-order valence-corrected chi connectivity index (χ1v) is 11.1. The van der Waals surface area contributed by atoms with Crippen molar-refractivity contribution in [3.8, 4) is 11.5 Å². The van der Waals surface area contributed by atoms with E-state index >= 15 is 0 Å². The minimum atomic E-state index is -0.508. The van der Waals surface area contributed by atoms with Crippen LogP contribution >= 0.6 is 15.9 Å². The van der Waals surface area contributed by atoms with Crippen molar-refractivity contribution < 1.29 is 28.6 Å². The molecule has 0 atom stereocenters. The van der Waals surface area contributed by atoms with Crippen molar-refractivity contribution in [1.82, 2.24) is 10.3 Å². The Bertz CT molecular complexity index is 1100. The van der Waals surface area contributed by atoms with Crippen LogP contribution in [0.2, 0.25) is 0 Å². The summed E-state index contributed by atoms with van der Waals surface area (Å²) >= 11 is 3.45. The molecule has 0 unspecified atom stereocenters. The number of nitrogens with one attached hydrogen (secondary N) is 1. The molecule has 0 aromatic heterocycles. The number of carbonyl (C=O) groups is 3. The number of benzene rings is 2. The quantitative estimate of drug-likeness (QED) is 0.467. The highest BCUT2D eigenvalue weighted by atomic mass is 79.9. The molecule has 2 saturated heterocycles. The number of ether oxygens (including phenoxy) is 3. The summed E-state index contributed by atoms with van der Waals surface area (Å²) in [6, 6.07) is 12.1. The number of hydrogen-bond acceptors (Lipinski definition) is 6. The van der Waals surface area contributed by atoms with Gasteiger partial charge in [-0.3, -0.25) is 19.8 Å². The van der Waals surface area contributed by atoms with Crippen LogP contribution in [0.25, 0.3) is 6.08 Å². The van der Waals surface area contributed by atoms with Crippen LogP contribution in [-0.2, 0) is 19.1 Å². The predicted octanol–water partition coefficient (Wildman–Crippen LogP) is 2.16. The van der Waals surface area contributed by atoms with Gasteiger partial charge in [0.25, 0.3) is 17.7 Å². The molecular formula is C23H22BrN3O6. The van der Waals surface area contributed by atoms with Gasteiger partial charge in [-0.05, 0) is 35.9 Å². The number of hydrazine groups is 1. The first-order valence-electron chi connectivity index (χ1n) is 10.3. The maximum atomic E-state index is 12.8. The van der Waals surface area contributed by atoms with Crippen molar-refractivity contribution in [3.63, 3.8) is 0 Å². The molecule has 2 aliphatic rings. The second-order valence-electron chi connectivity index (χ2n) is 7.28. The highest BCUT2D eigenvalue weighted by Crippen LogP contribution is 2.35. The third-order valence-corrected chi connectivity index (χ3v) is 5.89. The third kappa shape index (κ3) is 5.01. The lowest BCUT2D eigenvalue weighted by Gasteiger charge is -2.26. The lowest BCUT2D eigenvalue weighted by Crippen LogP contribution is -2.43. The molecule has 0 saturated carbocycles. The number of anilines is 1. The van der Waals surface area contributed by atoms with Gasteiger partial charge in [0.1, 0.15) is 5.57 Å². The van der Waals surface area contributed by atoms with E-state index in [-0.39, 0.29) is 18.1 Å². The number of rotatable bonds is 6. The first-order chi connectivity index (χ1) is 16.0. The Labute approximate surface area is 199 Å². The van der Waals surface area contributed by atoms with Crippen molar-refractivity contribution in [2.45, 2.75) is 0 Å². The topological polar surface area (TPSA) is 97.4 Å². The van der Waals surface area contributed by atoms with E-state index in [4.69, 9.17) is 14.2 Å². The van der Waals surface area contributed by atoms with Gasteiger partial charge in [0.2, 0.25) is 0 Å². The van der Waals surface area contributed by atoms with Crippen molar-refractivity contribution in [2.24, 2.45) is 0 Å². The second kappa shape index (κ2) is 10.1. The number of hydrogen-bond donors (Lipinski definition) is 1. The lowest BCUT2D eigenvalue weighted by molar-refractivity contribution is -0.137. The van der Waals surface area contributed by atoms with Crippen LogP contribution in [0.15, 0.2) is 52.5 Å². The van der Waals surface area contributed by atoms with E-state index in [1.165, 1.54) is 18.2 Å². The fraction of sp³-hybridized carbons (Fsp3) is 0.261. The Morgan fingerprint density at radius 1 is 1.15 bits per heavy atom. The summed E-state index contributed by atoms with van der Waals surface area (Å²) in [5, 5.41) is 1.20. The number of methoxy groups -OCH3 is 1. The molecular weight excluding hydrogens is 494 g/mol. The Kier molecular flexibility index (Phi) is 6.95. The molecule has 2 aromatic rings. The summed E-state index contributed by atoms with van der Waals surface area (Å²) in [7, 11) is 1.47. The van der Waals surface area contributed by atoms with Gasteiger partial charge >= 0.3 is 0 Å². The predicted molar refractivity (Wildman–Crippen MR) is 124 cm³/mol. The van der Waals surface area contributed by atoms with E-state index in [2.05, 4.69) is 21.4 Å². The average molecular weight is 516 g/mol. The monoisotopic (exact) mass is 515 g/mol. The number of nitrogens with zero attached hydrogens (tertiary/aromatic N) is 2.